The van der Waals surface area contributed by atoms with E-state index in [1.54, 1.807) is 4.90 Å². The number of benzene rings is 1. The number of aliphatic hydroxyl groups is 1. The van der Waals surface area contributed by atoms with Crippen molar-refractivity contribution in [3.63, 3.8) is 0 Å². The number of amides is 1. The van der Waals surface area contributed by atoms with Gasteiger partial charge in [-0.25, -0.2) is 0 Å². The fourth-order valence-corrected chi connectivity index (χ4v) is 3.23. The van der Waals surface area contributed by atoms with Gasteiger partial charge in [0.25, 0.3) is 5.91 Å². The minimum atomic E-state index is -0.0165. The monoisotopic (exact) mass is 340 g/mol. The number of nitrogens with zero attached hydrogens (tertiary/aromatic N) is 1. The zero-order valence-corrected chi connectivity index (χ0v) is 13.3. The first-order valence-electron chi connectivity index (χ1n) is 7.01. The van der Waals surface area contributed by atoms with E-state index in [-0.39, 0.29) is 12.5 Å². The maximum atomic E-state index is 12.6. The van der Waals surface area contributed by atoms with Gasteiger partial charge in [0.05, 0.1) is 6.61 Å². The molecule has 1 fully saturated rings. The Hall–Kier alpha value is -0.910. The van der Waals surface area contributed by atoms with Gasteiger partial charge in [-0.1, -0.05) is 15.9 Å². The smallest absolute Gasteiger partial charge is 0.254 e. The van der Waals surface area contributed by atoms with Gasteiger partial charge < -0.3 is 15.3 Å². The van der Waals surface area contributed by atoms with Gasteiger partial charge in [0, 0.05) is 29.2 Å². The third-order valence-corrected chi connectivity index (χ3v) is 4.01. The van der Waals surface area contributed by atoms with Crippen molar-refractivity contribution >= 4 is 21.8 Å². The molecule has 20 heavy (non-hydrogen) atoms. The summed E-state index contributed by atoms with van der Waals surface area (Å²) in [5.74, 6) is -0.0165. The number of carbonyl (C=O) groups excluding carboxylic acids is 1. The summed E-state index contributed by atoms with van der Waals surface area (Å²) >= 11 is 3.43. The molecule has 1 amide bonds. The fourth-order valence-electron chi connectivity index (χ4n) is 2.62. The predicted molar refractivity (Wildman–Crippen MR) is 82.9 cm³/mol. The fraction of sp³-hybridized carbons (Fsp3) is 0.533. The standard InChI is InChI=1S/C15H21BrN2O2/c1-11-7-12(9-13(16)8-11)15(20)18(5-6-19)10-14-3-2-4-17-14/h7-9,14,17,19H,2-6,10H2,1H3. The average Bonchev–Trinajstić information content (AvgIpc) is 2.89. The number of rotatable bonds is 5. The zero-order chi connectivity index (χ0) is 14.5. The van der Waals surface area contributed by atoms with Crippen LogP contribution in [0.25, 0.3) is 0 Å². The van der Waals surface area contributed by atoms with Crippen molar-refractivity contribution in [1.29, 1.82) is 0 Å². The van der Waals surface area contributed by atoms with Gasteiger partial charge in [-0.3, -0.25) is 4.79 Å². The summed E-state index contributed by atoms with van der Waals surface area (Å²) in [6, 6.07) is 6.05. The van der Waals surface area contributed by atoms with E-state index in [0.717, 1.165) is 29.4 Å². The molecule has 0 spiro atoms. The molecule has 2 N–H and O–H groups in total. The lowest BCUT2D eigenvalue weighted by Crippen LogP contribution is -2.42. The molecular formula is C15H21BrN2O2. The van der Waals surface area contributed by atoms with E-state index in [9.17, 15) is 9.90 Å². The van der Waals surface area contributed by atoms with E-state index in [1.165, 1.54) is 0 Å². The maximum Gasteiger partial charge on any atom is 0.254 e. The third-order valence-electron chi connectivity index (χ3n) is 3.55. The van der Waals surface area contributed by atoms with Crippen LogP contribution in [0.5, 0.6) is 0 Å². The Kier molecular flexibility index (Phi) is 5.57. The van der Waals surface area contributed by atoms with Crippen LogP contribution in [-0.2, 0) is 0 Å². The molecular weight excluding hydrogens is 320 g/mol. The molecule has 5 heteroatoms. The van der Waals surface area contributed by atoms with E-state index < -0.39 is 0 Å². The number of nitrogens with one attached hydrogen (secondary N) is 1. The van der Waals surface area contributed by atoms with Crippen molar-refractivity contribution in [1.82, 2.24) is 10.2 Å². The summed E-state index contributed by atoms with van der Waals surface area (Å²) in [5, 5.41) is 12.6. The van der Waals surface area contributed by atoms with Gasteiger partial charge in [0.15, 0.2) is 0 Å². The van der Waals surface area contributed by atoms with Crippen LogP contribution in [0.3, 0.4) is 0 Å². The SMILES string of the molecule is Cc1cc(Br)cc(C(=O)N(CCO)CC2CCCN2)c1. The molecule has 1 unspecified atom stereocenters. The second-order valence-corrected chi connectivity index (χ2v) is 6.20. The summed E-state index contributed by atoms with van der Waals surface area (Å²) in [5.41, 5.74) is 1.72. The van der Waals surface area contributed by atoms with Gasteiger partial charge in [0.2, 0.25) is 0 Å². The van der Waals surface area contributed by atoms with Crippen molar-refractivity contribution in [3.05, 3.63) is 33.8 Å². The molecule has 0 aromatic heterocycles. The molecule has 1 aliphatic rings. The highest BCUT2D eigenvalue weighted by Gasteiger charge is 2.22. The normalized spacial score (nSPS) is 18.2. The number of aryl methyl sites for hydroxylation is 1. The lowest BCUT2D eigenvalue weighted by Gasteiger charge is -2.25. The predicted octanol–water partition coefficient (Wildman–Crippen LogP) is 1.94. The van der Waals surface area contributed by atoms with Crippen molar-refractivity contribution in [2.24, 2.45) is 0 Å². The summed E-state index contributed by atoms with van der Waals surface area (Å²) in [4.78, 5) is 14.3. The van der Waals surface area contributed by atoms with E-state index in [2.05, 4.69) is 21.2 Å². The summed E-state index contributed by atoms with van der Waals surface area (Å²) in [6.45, 7) is 4.01. The molecule has 1 saturated heterocycles. The summed E-state index contributed by atoms with van der Waals surface area (Å²) in [7, 11) is 0. The second kappa shape index (κ2) is 7.20. The molecule has 0 aliphatic carbocycles. The Balaban J connectivity index is 2.12. The van der Waals surface area contributed by atoms with Crippen LogP contribution in [-0.4, -0.2) is 48.2 Å². The molecule has 4 nitrogen and oxygen atoms in total. The van der Waals surface area contributed by atoms with Crippen molar-refractivity contribution in [2.45, 2.75) is 25.8 Å². The Morgan fingerprint density at radius 3 is 2.90 bits per heavy atom. The molecule has 1 atom stereocenters. The van der Waals surface area contributed by atoms with Crippen LogP contribution in [0, 0.1) is 6.92 Å². The number of hydrogen-bond donors (Lipinski definition) is 2. The number of carbonyl (C=O) groups is 1. The molecule has 0 bridgehead atoms. The third kappa shape index (κ3) is 4.04. The van der Waals surface area contributed by atoms with Crippen LogP contribution in [0.1, 0.15) is 28.8 Å². The second-order valence-electron chi connectivity index (χ2n) is 5.29. The average molecular weight is 341 g/mol. The first kappa shape index (κ1) is 15.5. The minimum absolute atomic E-state index is 0.00849. The van der Waals surface area contributed by atoms with Gasteiger partial charge in [-0.2, -0.15) is 0 Å². The quantitative estimate of drug-likeness (QED) is 0.861. The van der Waals surface area contributed by atoms with Crippen molar-refractivity contribution in [2.75, 3.05) is 26.2 Å². The Morgan fingerprint density at radius 2 is 2.30 bits per heavy atom. The van der Waals surface area contributed by atoms with Crippen LogP contribution < -0.4 is 5.32 Å². The van der Waals surface area contributed by atoms with Gasteiger partial charge in [0.1, 0.15) is 0 Å². The van der Waals surface area contributed by atoms with Crippen LogP contribution in [0.4, 0.5) is 0 Å². The van der Waals surface area contributed by atoms with Crippen LogP contribution >= 0.6 is 15.9 Å². The molecule has 2 rings (SSSR count). The molecule has 1 aromatic rings. The number of hydrogen-bond acceptors (Lipinski definition) is 3. The number of halogens is 1. The number of aliphatic hydroxyl groups excluding tert-OH is 1. The Morgan fingerprint density at radius 1 is 1.50 bits per heavy atom. The molecule has 1 aromatic carbocycles. The molecule has 0 radical (unpaired) electrons. The van der Waals surface area contributed by atoms with Crippen LogP contribution in [0.15, 0.2) is 22.7 Å². The zero-order valence-electron chi connectivity index (χ0n) is 11.7. The summed E-state index contributed by atoms with van der Waals surface area (Å²) in [6.07, 6.45) is 2.24. The van der Waals surface area contributed by atoms with E-state index in [4.69, 9.17) is 0 Å². The maximum absolute atomic E-state index is 12.6. The first-order valence-corrected chi connectivity index (χ1v) is 7.80. The van der Waals surface area contributed by atoms with E-state index in [0.29, 0.717) is 24.7 Å². The molecule has 110 valence electrons. The van der Waals surface area contributed by atoms with E-state index >= 15 is 0 Å². The van der Waals surface area contributed by atoms with Crippen molar-refractivity contribution < 1.29 is 9.90 Å². The van der Waals surface area contributed by atoms with Crippen LogP contribution in [0.2, 0.25) is 0 Å². The van der Waals surface area contributed by atoms with Crippen molar-refractivity contribution in [3.8, 4) is 0 Å². The topological polar surface area (TPSA) is 52.6 Å². The highest BCUT2D eigenvalue weighted by molar-refractivity contribution is 9.10. The van der Waals surface area contributed by atoms with Gasteiger partial charge in [-0.05, 0) is 50.1 Å². The minimum Gasteiger partial charge on any atom is -0.395 e. The largest absolute Gasteiger partial charge is 0.395 e. The molecule has 0 saturated carbocycles. The molecule has 1 aliphatic heterocycles. The molecule has 1 heterocycles. The lowest BCUT2D eigenvalue weighted by atomic mass is 10.1. The lowest BCUT2D eigenvalue weighted by molar-refractivity contribution is 0.0706. The Labute approximate surface area is 128 Å². The van der Waals surface area contributed by atoms with E-state index in [1.807, 2.05) is 25.1 Å². The highest BCUT2D eigenvalue weighted by atomic mass is 79.9. The highest BCUT2D eigenvalue weighted by Crippen LogP contribution is 2.17. The first-order chi connectivity index (χ1) is 9.60. The van der Waals surface area contributed by atoms with Gasteiger partial charge >= 0.3 is 0 Å². The Bertz CT molecular complexity index is 453. The van der Waals surface area contributed by atoms with Gasteiger partial charge in [-0.15, -0.1) is 0 Å². The summed E-state index contributed by atoms with van der Waals surface area (Å²) < 4.78 is 0.906.